The van der Waals surface area contributed by atoms with Crippen molar-refractivity contribution in [3.8, 4) is 5.69 Å². The number of carbonyl (C=O) groups excluding carboxylic acids is 1. The molecule has 6 nitrogen and oxygen atoms in total. The van der Waals surface area contributed by atoms with E-state index >= 15 is 0 Å². The molecule has 0 aliphatic carbocycles. The van der Waals surface area contributed by atoms with Gasteiger partial charge in [-0.05, 0) is 30.2 Å². The lowest BCUT2D eigenvalue weighted by atomic mass is 10.2. The lowest BCUT2D eigenvalue weighted by Gasteiger charge is -2.33. The predicted octanol–water partition coefficient (Wildman–Crippen LogP) is 3.29. The highest BCUT2D eigenvalue weighted by molar-refractivity contribution is 7.99. The molecule has 1 N–H and O–H groups in total. The number of benzene rings is 2. The van der Waals surface area contributed by atoms with Gasteiger partial charge in [0, 0.05) is 44.3 Å². The number of morpholine rings is 1. The molecule has 2 heterocycles. The Morgan fingerprint density at radius 3 is 2.94 bits per heavy atom. The molecule has 1 aliphatic heterocycles. The zero-order chi connectivity index (χ0) is 21.5. The molecule has 1 fully saturated rings. The summed E-state index contributed by atoms with van der Waals surface area (Å²) in [7, 11) is 0. The molecule has 162 valence electrons. The first-order valence-corrected chi connectivity index (χ1v) is 11.5. The molecule has 0 bridgehead atoms. The predicted molar refractivity (Wildman–Crippen MR) is 123 cm³/mol. The lowest BCUT2D eigenvalue weighted by molar-refractivity contribution is -0.119. The molecule has 0 spiro atoms. The van der Waals surface area contributed by atoms with E-state index in [1.165, 1.54) is 22.9 Å². The van der Waals surface area contributed by atoms with Crippen LogP contribution >= 0.6 is 11.8 Å². The van der Waals surface area contributed by atoms with Crippen molar-refractivity contribution in [1.82, 2.24) is 19.8 Å². The zero-order valence-electron chi connectivity index (χ0n) is 17.7. The molecule has 1 aromatic heterocycles. The van der Waals surface area contributed by atoms with E-state index in [1.54, 1.807) is 6.20 Å². The smallest absolute Gasteiger partial charge is 0.230 e. The first kappa shape index (κ1) is 21.6. The summed E-state index contributed by atoms with van der Waals surface area (Å²) in [4.78, 5) is 19.2. The molecule has 3 aromatic rings. The van der Waals surface area contributed by atoms with E-state index in [4.69, 9.17) is 4.74 Å². The van der Waals surface area contributed by atoms with Crippen LogP contribution < -0.4 is 5.32 Å². The molecule has 0 radical (unpaired) electrons. The summed E-state index contributed by atoms with van der Waals surface area (Å²) in [5.41, 5.74) is 3.54. The maximum atomic E-state index is 12.4. The third kappa shape index (κ3) is 6.19. The highest BCUT2D eigenvalue weighted by atomic mass is 32.2. The van der Waals surface area contributed by atoms with E-state index in [2.05, 4.69) is 58.5 Å². The number of hydrogen-bond donors (Lipinski definition) is 1. The van der Waals surface area contributed by atoms with Gasteiger partial charge in [-0.1, -0.05) is 54.2 Å². The Morgan fingerprint density at radius 1 is 1.23 bits per heavy atom. The maximum Gasteiger partial charge on any atom is 0.230 e. The second kappa shape index (κ2) is 10.6. The van der Waals surface area contributed by atoms with Gasteiger partial charge in [-0.2, -0.15) is 0 Å². The van der Waals surface area contributed by atoms with Crippen molar-refractivity contribution < 1.29 is 9.53 Å². The fourth-order valence-electron chi connectivity index (χ4n) is 3.67. The Balaban J connectivity index is 1.23. The number of ether oxygens (including phenoxy) is 1. The monoisotopic (exact) mass is 436 g/mol. The van der Waals surface area contributed by atoms with Crippen LogP contribution in [0.2, 0.25) is 0 Å². The van der Waals surface area contributed by atoms with Crippen LogP contribution in [0.5, 0.6) is 0 Å². The third-order valence-corrected chi connectivity index (χ3v) is 6.18. The molecule has 4 rings (SSSR count). The van der Waals surface area contributed by atoms with E-state index in [9.17, 15) is 4.79 Å². The summed E-state index contributed by atoms with van der Waals surface area (Å²) >= 11 is 1.44. The first-order chi connectivity index (χ1) is 15.2. The Labute approximate surface area is 187 Å². The van der Waals surface area contributed by atoms with Crippen LogP contribution in [-0.2, 0) is 16.1 Å². The number of aromatic nitrogens is 2. The van der Waals surface area contributed by atoms with Gasteiger partial charge in [0.15, 0.2) is 5.16 Å². The van der Waals surface area contributed by atoms with E-state index in [1.807, 2.05) is 29.0 Å². The van der Waals surface area contributed by atoms with Gasteiger partial charge in [0.2, 0.25) is 5.91 Å². The second-order valence-corrected chi connectivity index (χ2v) is 8.67. The zero-order valence-corrected chi connectivity index (χ0v) is 18.6. The van der Waals surface area contributed by atoms with Gasteiger partial charge in [-0.15, -0.1) is 0 Å². The number of aryl methyl sites for hydroxylation is 1. The van der Waals surface area contributed by atoms with Gasteiger partial charge in [-0.3, -0.25) is 14.3 Å². The minimum absolute atomic E-state index is 0.00687. The van der Waals surface area contributed by atoms with Crippen molar-refractivity contribution in [2.24, 2.45) is 0 Å². The normalized spacial score (nSPS) is 16.9. The van der Waals surface area contributed by atoms with Crippen LogP contribution in [0.3, 0.4) is 0 Å². The van der Waals surface area contributed by atoms with Gasteiger partial charge in [0.05, 0.1) is 18.5 Å². The first-order valence-electron chi connectivity index (χ1n) is 10.5. The molecule has 7 heteroatoms. The van der Waals surface area contributed by atoms with Crippen molar-refractivity contribution in [1.29, 1.82) is 0 Å². The molecular weight excluding hydrogens is 408 g/mol. The largest absolute Gasteiger partial charge is 0.374 e. The quantitative estimate of drug-likeness (QED) is 0.549. The number of hydrogen-bond acceptors (Lipinski definition) is 5. The van der Waals surface area contributed by atoms with E-state index < -0.39 is 0 Å². The number of carbonyl (C=O) groups is 1. The minimum Gasteiger partial charge on any atom is -0.374 e. The summed E-state index contributed by atoms with van der Waals surface area (Å²) in [5.74, 6) is 0.316. The van der Waals surface area contributed by atoms with E-state index in [0.717, 1.165) is 30.5 Å². The summed E-state index contributed by atoms with van der Waals surface area (Å²) in [6, 6.07) is 18.7. The highest BCUT2D eigenvalue weighted by Crippen LogP contribution is 2.21. The number of imidazole rings is 1. The molecule has 0 saturated carbocycles. The van der Waals surface area contributed by atoms with Crippen LogP contribution in [0.25, 0.3) is 5.69 Å². The van der Waals surface area contributed by atoms with Gasteiger partial charge in [-0.25, -0.2) is 4.98 Å². The van der Waals surface area contributed by atoms with Crippen LogP contribution in [0.4, 0.5) is 0 Å². The SMILES string of the molecule is Cc1cccc(-n2ccnc2SCC(=O)NCC2CN(Cc3ccccc3)CCO2)c1. The minimum atomic E-state index is -0.00687. The Morgan fingerprint density at radius 2 is 2.10 bits per heavy atom. The van der Waals surface area contributed by atoms with E-state index in [-0.39, 0.29) is 12.0 Å². The molecule has 2 aromatic carbocycles. The van der Waals surface area contributed by atoms with Gasteiger partial charge < -0.3 is 10.1 Å². The molecule has 1 atom stereocenters. The summed E-state index contributed by atoms with van der Waals surface area (Å²) in [5, 5.41) is 3.83. The fraction of sp³-hybridized carbons (Fsp3) is 0.333. The van der Waals surface area contributed by atoms with Crippen LogP contribution in [0.1, 0.15) is 11.1 Å². The average molecular weight is 437 g/mol. The molecule has 1 saturated heterocycles. The molecular formula is C24H28N4O2S. The number of nitrogens with one attached hydrogen (secondary N) is 1. The highest BCUT2D eigenvalue weighted by Gasteiger charge is 2.21. The topological polar surface area (TPSA) is 59.4 Å². The van der Waals surface area contributed by atoms with Crippen molar-refractivity contribution >= 4 is 17.7 Å². The van der Waals surface area contributed by atoms with E-state index in [0.29, 0.717) is 18.9 Å². The number of rotatable bonds is 8. The summed E-state index contributed by atoms with van der Waals surface area (Å²) < 4.78 is 7.87. The molecule has 31 heavy (non-hydrogen) atoms. The molecule has 1 aliphatic rings. The van der Waals surface area contributed by atoms with Crippen LogP contribution in [0, 0.1) is 6.92 Å². The van der Waals surface area contributed by atoms with Gasteiger partial charge in [0.1, 0.15) is 0 Å². The van der Waals surface area contributed by atoms with Gasteiger partial charge in [0.25, 0.3) is 0 Å². The number of thioether (sulfide) groups is 1. The lowest BCUT2D eigenvalue weighted by Crippen LogP contribution is -2.47. The summed E-state index contributed by atoms with van der Waals surface area (Å²) in [6.45, 7) is 5.92. The molecule has 1 unspecified atom stereocenters. The number of amides is 1. The van der Waals surface area contributed by atoms with Crippen LogP contribution in [0.15, 0.2) is 72.1 Å². The van der Waals surface area contributed by atoms with Crippen LogP contribution in [-0.4, -0.2) is 58.5 Å². The second-order valence-electron chi connectivity index (χ2n) is 7.73. The Bertz CT molecular complexity index is 992. The maximum absolute atomic E-state index is 12.4. The van der Waals surface area contributed by atoms with Gasteiger partial charge >= 0.3 is 0 Å². The third-order valence-electron chi connectivity index (χ3n) is 5.22. The molecule has 1 amide bonds. The summed E-state index contributed by atoms with van der Waals surface area (Å²) in [6.07, 6.45) is 3.70. The van der Waals surface area contributed by atoms with Crippen molar-refractivity contribution in [3.63, 3.8) is 0 Å². The number of nitrogens with zero attached hydrogens (tertiary/aromatic N) is 3. The fourth-order valence-corrected chi connectivity index (χ4v) is 4.47. The Kier molecular flexibility index (Phi) is 7.40. The Hall–Kier alpha value is -2.61. The van der Waals surface area contributed by atoms with Crippen molar-refractivity contribution in [2.45, 2.75) is 24.7 Å². The van der Waals surface area contributed by atoms with Crippen molar-refractivity contribution in [3.05, 3.63) is 78.1 Å². The van der Waals surface area contributed by atoms with Crippen molar-refractivity contribution in [2.75, 3.05) is 32.0 Å². The standard InChI is InChI=1S/C24H28N4O2S/c1-19-6-5-9-21(14-19)28-11-10-25-24(28)31-18-23(29)26-15-22-17-27(12-13-30-22)16-20-7-3-2-4-8-20/h2-11,14,22H,12-13,15-18H2,1H3,(H,26,29). The average Bonchev–Trinajstić information content (AvgIpc) is 3.26.